The van der Waals surface area contributed by atoms with Crippen LogP contribution in [-0.4, -0.2) is 22.4 Å². The van der Waals surface area contributed by atoms with Gasteiger partial charge in [0.1, 0.15) is 12.0 Å². The summed E-state index contributed by atoms with van der Waals surface area (Å²) >= 11 is 11.9. The molecule has 0 aliphatic rings. The second-order valence-corrected chi connectivity index (χ2v) is 4.10. The molecule has 0 spiro atoms. The van der Waals surface area contributed by atoms with Crippen LogP contribution in [0.1, 0.15) is 0 Å². The molecule has 9 heteroatoms. The van der Waals surface area contributed by atoms with Crippen LogP contribution >= 0.6 is 23.2 Å². The molecule has 0 atom stereocenters. The number of carboxylic acids is 1. The van der Waals surface area contributed by atoms with Gasteiger partial charge in [-0.2, -0.15) is 13.2 Å². The van der Waals surface area contributed by atoms with Gasteiger partial charge in [0, 0.05) is 11.6 Å². The van der Waals surface area contributed by atoms with Crippen LogP contribution in [0.25, 0.3) is 11.3 Å². The monoisotopic (exact) mass is 327 g/mol. The van der Waals surface area contributed by atoms with Gasteiger partial charge in [-0.1, -0.05) is 34.4 Å². The van der Waals surface area contributed by atoms with Crippen molar-refractivity contribution >= 4 is 29.2 Å². The Bertz CT molecular complexity index is 565. The van der Waals surface area contributed by atoms with Gasteiger partial charge in [0.05, 0.1) is 10.0 Å². The maximum absolute atomic E-state index is 10.6. The lowest BCUT2D eigenvalue weighted by Crippen LogP contribution is -2.21. The number of aliphatic carboxylic acids is 1. The molecule has 0 saturated carbocycles. The fraction of sp³-hybridized carbons (Fsp3) is 0.0909. The third kappa shape index (κ3) is 4.43. The second kappa shape index (κ2) is 6.62. The molecule has 0 unspecified atom stereocenters. The van der Waals surface area contributed by atoms with E-state index >= 15 is 0 Å². The topological polar surface area (TPSA) is 63.3 Å². The summed E-state index contributed by atoms with van der Waals surface area (Å²) in [6.45, 7) is 0. The van der Waals surface area contributed by atoms with E-state index in [9.17, 15) is 13.2 Å². The van der Waals surface area contributed by atoms with Crippen LogP contribution in [-0.2, 0) is 4.79 Å². The maximum Gasteiger partial charge on any atom is 0.490 e. The van der Waals surface area contributed by atoms with Gasteiger partial charge < -0.3 is 9.63 Å². The van der Waals surface area contributed by atoms with E-state index in [0.29, 0.717) is 21.3 Å². The summed E-state index contributed by atoms with van der Waals surface area (Å²) in [6, 6.07) is 7.02. The van der Waals surface area contributed by atoms with E-state index in [2.05, 4.69) is 5.16 Å². The van der Waals surface area contributed by atoms with Crippen molar-refractivity contribution in [3.05, 3.63) is 40.6 Å². The fourth-order valence-electron chi connectivity index (χ4n) is 1.08. The summed E-state index contributed by atoms with van der Waals surface area (Å²) in [7, 11) is 0. The van der Waals surface area contributed by atoms with Gasteiger partial charge in [-0.25, -0.2) is 4.79 Å². The number of carboxylic acid groups (broad SMARTS) is 1. The van der Waals surface area contributed by atoms with E-state index in [1.165, 1.54) is 6.26 Å². The van der Waals surface area contributed by atoms with E-state index in [-0.39, 0.29) is 0 Å². The highest BCUT2D eigenvalue weighted by Crippen LogP contribution is 2.33. The molecule has 0 amide bonds. The van der Waals surface area contributed by atoms with Crippen LogP contribution in [0.15, 0.2) is 35.1 Å². The van der Waals surface area contributed by atoms with Crippen molar-refractivity contribution in [1.29, 1.82) is 0 Å². The summed E-state index contributed by atoms with van der Waals surface area (Å²) < 4.78 is 36.4. The van der Waals surface area contributed by atoms with Crippen molar-refractivity contribution in [3.8, 4) is 11.3 Å². The average molecular weight is 328 g/mol. The Morgan fingerprint density at radius 2 is 1.70 bits per heavy atom. The summed E-state index contributed by atoms with van der Waals surface area (Å²) in [6.07, 6.45) is -3.60. The lowest BCUT2D eigenvalue weighted by atomic mass is 10.1. The first-order valence-electron chi connectivity index (χ1n) is 4.88. The quantitative estimate of drug-likeness (QED) is 0.849. The molecule has 0 fully saturated rings. The van der Waals surface area contributed by atoms with Crippen molar-refractivity contribution < 1.29 is 27.6 Å². The zero-order chi connectivity index (χ0) is 15.3. The Morgan fingerprint density at radius 3 is 2.05 bits per heavy atom. The molecular formula is C11H6Cl2F3NO3. The molecule has 1 N–H and O–H groups in total. The number of hydrogen-bond donors (Lipinski definition) is 1. The van der Waals surface area contributed by atoms with Crippen molar-refractivity contribution in [2.45, 2.75) is 6.18 Å². The number of alkyl halides is 3. The van der Waals surface area contributed by atoms with Crippen molar-refractivity contribution in [3.63, 3.8) is 0 Å². The highest BCUT2D eigenvalue weighted by atomic mass is 35.5. The molecule has 4 nitrogen and oxygen atoms in total. The zero-order valence-corrected chi connectivity index (χ0v) is 11.0. The molecule has 20 heavy (non-hydrogen) atoms. The lowest BCUT2D eigenvalue weighted by Gasteiger charge is -2.01. The van der Waals surface area contributed by atoms with Crippen LogP contribution in [0.2, 0.25) is 10.0 Å². The number of hydrogen-bond acceptors (Lipinski definition) is 3. The lowest BCUT2D eigenvalue weighted by molar-refractivity contribution is -0.192. The van der Waals surface area contributed by atoms with Crippen LogP contribution < -0.4 is 0 Å². The molecule has 1 aromatic carbocycles. The summed E-state index contributed by atoms with van der Waals surface area (Å²) in [5.74, 6) is -2.76. The van der Waals surface area contributed by atoms with Crippen LogP contribution in [0.3, 0.4) is 0 Å². The smallest absolute Gasteiger partial charge is 0.475 e. The molecule has 2 rings (SSSR count). The van der Waals surface area contributed by atoms with Gasteiger partial charge in [0.15, 0.2) is 0 Å². The van der Waals surface area contributed by atoms with Gasteiger partial charge in [0.2, 0.25) is 0 Å². The van der Waals surface area contributed by atoms with Crippen molar-refractivity contribution in [2.75, 3.05) is 0 Å². The van der Waals surface area contributed by atoms with Crippen LogP contribution in [0.4, 0.5) is 13.2 Å². The highest BCUT2D eigenvalue weighted by molar-refractivity contribution is 6.39. The SMILES string of the molecule is Clc1cccc(Cl)c1-c1ccon1.O=C(O)C(F)(F)F. The van der Waals surface area contributed by atoms with Gasteiger partial charge in [0.25, 0.3) is 0 Å². The molecule has 0 radical (unpaired) electrons. The second-order valence-electron chi connectivity index (χ2n) is 3.28. The molecule has 1 heterocycles. The van der Waals surface area contributed by atoms with E-state index in [4.69, 9.17) is 37.6 Å². The number of nitrogens with zero attached hydrogens (tertiary/aromatic N) is 1. The highest BCUT2D eigenvalue weighted by Gasteiger charge is 2.38. The van der Waals surface area contributed by atoms with Crippen LogP contribution in [0.5, 0.6) is 0 Å². The minimum atomic E-state index is -5.08. The minimum Gasteiger partial charge on any atom is -0.475 e. The maximum atomic E-state index is 10.6. The van der Waals surface area contributed by atoms with E-state index in [1.807, 2.05) is 0 Å². The first kappa shape index (κ1) is 16.3. The average Bonchev–Trinajstić information content (AvgIpc) is 2.82. The van der Waals surface area contributed by atoms with E-state index < -0.39 is 12.1 Å². The van der Waals surface area contributed by atoms with E-state index in [1.54, 1.807) is 24.3 Å². The molecule has 108 valence electrons. The Balaban J connectivity index is 0.000000246. The standard InChI is InChI=1S/C9H5Cl2NO.C2HF3O2/c10-6-2-1-3-7(11)9(6)8-4-5-13-12-8;3-2(4,5)1(6)7/h1-5H;(H,6,7). The summed E-state index contributed by atoms with van der Waals surface area (Å²) in [4.78, 5) is 8.90. The summed E-state index contributed by atoms with van der Waals surface area (Å²) in [5, 5.41) is 12.0. The Morgan fingerprint density at radius 1 is 1.20 bits per heavy atom. The summed E-state index contributed by atoms with van der Waals surface area (Å²) in [5.41, 5.74) is 1.36. The van der Waals surface area contributed by atoms with Gasteiger partial charge in [-0.15, -0.1) is 0 Å². The van der Waals surface area contributed by atoms with Gasteiger partial charge in [-0.05, 0) is 12.1 Å². The number of carbonyl (C=O) groups is 1. The third-order valence-electron chi connectivity index (χ3n) is 1.90. The number of benzene rings is 1. The van der Waals surface area contributed by atoms with Crippen LogP contribution in [0, 0.1) is 0 Å². The largest absolute Gasteiger partial charge is 0.490 e. The Hall–Kier alpha value is -1.73. The van der Waals surface area contributed by atoms with E-state index in [0.717, 1.165) is 0 Å². The fourth-order valence-corrected chi connectivity index (χ4v) is 1.68. The molecular weight excluding hydrogens is 322 g/mol. The Kier molecular flexibility index (Phi) is 5.41. The Labute approximate surface area is 120 Å². The van der Waals surface area contributed by atoms with Crippen molar-refractivity contribution in [2.24, 2.45) is 0 Å². The molecule has 0 bridgehead atoms. The minimum absolute atomic E-state index is 0.571. The number of halogens is 5. The van der Waals surface area contributed by atoms with Gasteiger partial charge in [-0.3, -0.25) is 0 Å². The molecule has 0 aliphatic carbocycles. The molecule has 1 aromatic heterocycles. The predicted octanol–water partition coefficient (Wildman–Crippen LogP) is 4.28. The molecule has 2 aromatic rings. The predicted molar refractivity (Wildman–Crippen MR) is 65.6 cm³/mol. The number of aromatic nitrogens is 1. The molecule has 0 saturated heterocycles. The first-order valence-corrected chi connectivity index (χ1v) is 5.64. The van der Waals surface area contributed by atoms with Gasteiger partial charge >= 0.3 is 12.1 Å². The normalized spacial score (nSPS) is 10.7. The zero-order valence-electron chi connectivity index (χ0n) is 9.49. The van der Waals surface area contributed by atoms with Crippen molar-refractivity contribution in [1.82, 2.24) is 5.16 Å². The molecule has 0 aliphatic heterocycles. The first-order chi connectivity index (χ1) is 9.23. The third-order valence-corrected chi connectivity index (χ3v) is 2.53. The number of rotatable bonds is 1.